The lowest BCUT2D eigenvalue weighted by Crippen LogP contribution is -2.30. The maximum atomic E-state index is 12.8. The largest absolute Gasteiger partial charge is 0.462 e. The Kier molecular flexibility index (Phi) is 51.5. The molecular weight excluding hydrogens is 789 g/mol. The number of allylic oxidation sites excluding steroid dienone is 16. The summed E-state index contributed by atoms with van der Waals surface area (Å²) in [5.74, 6) is -0.464. The fourth-order valence-corrected chi connectivity index (χ4v) is 7.09. The summed E-state index contributed by atoms with van der Waals surface area (Å²) in [6.07, 6.45) is 72.7. The summed E-state index contributed by atoms with van der Waals surface area (Å²) in [5, 5.41) is 0. The Labute approximate surface area is 396 Å². The van der Waals surface area contributed by atoms with Crippen molar-refractivity contribution in [3.63, 3.8) is 0 Å². The second kappa shape index (κ2) is 54.2. The van der Waals surface area contributed by atoms with Crippen molar-refractivity contribution in [2.24, 2.45) is 0 Å². The van der Waals surface area contributed by atoms with E-state index in [-0.39, 0.29) is 25.2 Å². The van der Waals surface area contributed by atoms with Crippen molar-refractivity contribution in [1.29, 1.82) is 0 Å². The molecule has 64 heavy (non-hydrogen) atoms. The summed E-state index contributed by atoms with van der Waals surface area (Å²) in [7, 11) is 0. The van der Waals surface area contributed by atoms with Gasteiger partial charge in [0.1, 0.15) is 6.61 Å². The van der Waals surface area contributed by atoms with E-state index in [1.54, 1.807) is 0 Å². The van der Waals surface area contributed by atoms with E-state index >= 15 is 0 Å². The molecule has 0 saturated heterocycles. The van der Waals surface area contributed by atoms with Crippen LogP contribution in [0, 0.1) is 0 Å². The van der Waals surface area contributed by atoms with E-state index in [2.05, 4.69) is 118 Å². The third-order valence-corrected chi connectivity index (χ3v) is 11.1. The van der Waals surface area contributed by atoms with Gasteiger partial charge in [0.05, 0.1) is 6.61 Å². The Morgan fingerprint density at radius 3 is 1.20 bits per heavy atom. The molecule has 1 atom stereocenters. The van der Waals surface area contributed by atoms with Crippen molar-refractivity contribution in [3.05, 3.63) is 97.2 Å². The predicted molar refractivity (Wildman–Crippen MR) is 279 cm³/mol. The first-order valence-corrected chi connectivity index (χ1v) is 26.8. The van der Waals surface area contributed by atoms with Crippen LogP contribution in [0.4, 0.5) is 0 Å². The lowest BCUT2D eigenvalue weighted by Gasteiger charge is -2.18. The van der Waals surface area contributed by atoms with Crippen LogP contribution in [0.15, 0.2) is 97.2 Å². The van der Waals surface area contributed by atoms with Gasteiger partial charge in [-0.15, -0.1) is 0 Å². The van der Waals surface area contributed by atoms with Crippen molar-refractivity contribution in [3.8, 4) is 0 Å². The summed E-state index contributed by atoms with van der Waals surface area (Å²) in [6.45, 7) is 7.60. The number of ether oxygens (including phenoxy) is 3. The van der Waals surface area contributed by atoms with Gasteiger partial charge in [-0.2, -0.15) is 0 Å². The van der Waals surface area contributed by atoms with Crippen molar-refractivity contribution >= 4 is 11.9 Å². The van der Waals surface area contributed by atoms with Crippen molar-refractivity contribution < 1.29 is 23.8 Å². The lowest BCUT2D eigenvalue weighted by atomic mass is 10.1. The number of rotatable bonds is 48. The van der Waals surface area contributed by atoms with Crippen LogP contribution in [-0.4, -0.2) is 37.9 Å². The average Bonchev–Trinajstić information content (AvgIpc) is 3.30. The molecule has 1 unspecified atom stereocenters. The highest BCUT2D eigenvalue weighted by atomic mass is 16.6. The molecule has 0 aromatic rings. The smallest absolute Gasteiger partial charge is 0.306 e. The van der Waals surface area contributed by atoms with Crippen LogP contribution in [0.25, 0.3) is 0 Å². The molecule has 5 nitrogen and oxygen atoms in total. The summed E-state index contributed by atoms with van der Waals surface area (Å²) >= 11 is 0. The second-order valence-corrected chi connectivity index (χ2v) is 17.4. The molecule has 0 aliphatic carbocycles. The van der Waals surface area contributed by atoms with Crippen molar-refractivity contribution in [1.82, 2.24) is 0 Å². The summed E-state index contributed by atoms with van der Waals surface area (Å²) in [4.78, 5) is 25.4. The Morgan fingerprint density at radius 2 is 0.703 bits per heavy atom. The third kappa shape index (κ3) is 51.5. The average molecular weight is 889 g/mol. The zero-order valence-electron chi connectivity index (χ0n) is 42.0. The molecule has 0 bridgehead atoms. The first kappa shape index (κ1) is 60.8. The van der Waals surface area contributed by atoms with Gasteiger partial charge in [-0.3, -0.25) is 9.59 Å². The molecule has 5 heteroatoms. The number of hydrogen-bond acceptors (Lipinski definition) is 5. The molecule has 0 saturated carbocycles. The minimum absolute atomic E-state index is 0.0548. The Bertz CT molecular complexity index is 1230. The van der Waals surface area contributed by atoms with Gasteiger partial charge in [0.15, 0.2) is 6.10 Å². The predicted octanol–water partition coefficient (Wildman–Crippen LogP) is 18.2. The second-order valence-electron chi connectivity index (χ2n) is 17.4. The highest BCUT2D eigenvalue weighted by Crippen LogP contribution is 2.13. The van der Waals surface area contributed by atoms with Gasteiger partial charge in [-0.25, -0.2) is 0 Å². The molecule has 0 aromatic carbocycles. The van der Waals surface area contributed by atoms with Crippen molar-refractivity contribution in [2.75, 3.05) is 19.8 Å². The number of unbranched alkanes of at least 4 members (excludes halogenated alkanes) is 21. The lowest BCUT2D eigenvalue weighted by molar-refractivity contribution is -0.163. The minimum Gasteiger partial charge on any atom is -0.462 e. The summed E-state index contributed by atoms with van der Waals surface area (Å²) < 4.78 is 17.4. The standard InChI is InChI=1S/C59H100O5/c1-4-7-10-13-16-19-22-25-28-29-30-31-33-34-37-40-43-46-49-52-58(60)63-56-57(55-62-54-51-48-45-42-39-36-27-24-21-18-15-12-9-6-3)64-59(61)53-50-47-44-41-38-35-32-26-23-20-17-14-11-8-5-2/h8,11,16-17,19-21,24-26,28,30-32,38,41,57H,4-7,9-10,12-15,18,22-23,27,29,33-37,39-40,42-56H2,1-3H3/b11-8-,19-16-,20-17-,24-21-,28-25-,31-30-,32-26-,41-38-. The zero-order valence-corrected chi connectivity index (χ0v) is 42.0. The number of carbonyl (C=O) groups excluding carboxylic acids is 2. The maximum absolute atomic E-state index is 12.8. The highest BCUT2D eigenvalue weighted by molar-refractivity contribution is 5.70. The molecule has 0 fully saturated rings. The fraction of sp³-hybridized carbons (Fsp3) is 0.695. The third-order valence-electron chi connectivity index (χ3n) is 11.1. The molecule has 0 aliphatic heterocycles. The SMILES string of the molecule is CC/C=C\C/C=C\C/C=C\C/C=C\CCCCC(=O)OC(COCCCCCCCC/C=C\CCCCCC)COC(=O)CCCCCCCC/C=C\C/C=C\C/C=C\CCCCC. The van der Waals surface area contributed by atoms with Gasteiger partial charge >= 0.3 is 11.9 Å². The van der Waals surface area contributed by atoms with Crippen LogP contribution >= 0.6 is 0 Å². The van der Waals surface area contributed by atoms with Crippen LogP contribution in [0.1, 0.15) is 239 Å². The van der Waals surface area contributed by atoms with Gasteiger partial charge in [0.2, 0.25) is 0 Å². The van der Waals surface area contributed by atoms with E-state index in [0.717, 1.165) is 96.3 Å². The highest BCUT2D eigenvalue weighted by Gasteiger charge is 2.17. The molecule has 366 valence electrons. The Morgan fingerprint density at radius 1 is 0.359 bits per heavy atom. The van der Waals surface area contributed by atoms with Crippen LogP contribution in [0.2, 0.25) is 0 Å². The van der Waals surface area contributed by atoms with Crippen LogP contribution in [0.3, 0.4) is 0 Å². The first-order valence-electron chi connectivity index (χ1n) is 26.8. The fourth-order valence-electron chi connectivity index (χ4n) is 7.09. The molecule has 0 aromatic heterocycles. The van der Waals surface area contributed by atoms with Gasteiger partial charge in [-0.1, -0.05) is 201 Å². The molecule has 0 radical (unpaired) electrons. The summed E-state index contributed by atoms with van der Waals surface area (Å²) in [6, 6.07) is 0. The quantitative estimate of drug-likeness (QED) is 0.0346. The van der Waals surface area contributed by atoms with Crippen LogP contribution in [-0.2, 0) is 23.8 Å². The van der Waals surface area contributed by atoms with Gasteiger partial charge in [0.25, 0.3) is 0 Å². The normalized spacial score (nSPS) is 13.0. The first-order chi connectivity index (χ1) is 31.6. The monoisotopic (exact) mass is 889 g/mol. The van der Waals surface area contributed by atoms with E-state index < -0.39 is 6.10 Å². The van der Waals surface area contributed by atoms with Gasteiger partial charge in [-0.05, 0) is 122 Å². The van der Waals surface area contributed by atoms with Gasteiger partial charge < -0.3 is 14.2 Å². The topological polar surface area (TPSA) is 61.8 Å². The van der Waals surface area contributed by atoms with E-state index in [1.807, 2.05) is 0 Å². The molecule has 0 rings (SSSR count). The molecule has 0 amide bonds. The Hall–Kier alpha value is -3.18. The van der Waals surface area contributed by atoms with Crippen LogP contribution < -0.4 is 0 Å². The summed E-state index contributed by atoms with van der Waals surface area (Å²) in [5.41, 5.74) is 0. The number of esters is 2. The number of carbonyl (C=O) groups is 2. The van der Waals surface area contributed by atoms with E-state index in [1.165, 1.54) is 109 Å². The van der Waals surface area contributed by atoms with E-state index in [9.17, 15) is 9.59 Å². The number of hydrogen-bond donors (Lipinski definition) is 0. The molecule has 0 heterocycles. The molecular formula is C59H100O5. The van der Waals surface area contributed by atoms with Crippen molar-refractivity contribution in [2.45, 2.75) is 245 Å². The Balaban J connectivity index is 4.37. The van der Waals surface area contributed by atoms with Crippen LogP contribution in [0.5, 0.6) is 0 Å². The zero-order chi connectivity index (χ0) is 46.3. The molecule has 0 spiro atoms. The minimum atomic E-state index is -0.571. The van der Waals surface area contributed by atoms with E-state index in [4.69, 9.17) is 14.2 Å². The maximum Gasteiger partial charge on any atom is 0.306 e. The van der Waals surface area contributed by atoms with E-state index in [0.29, 0.717) is 19.4 Å². The molecule has 0 aliphatic rings. The van der Waals surface area contributed by atoms with Gasteiger partial charge in [0, 0.05) is 19.4 Å². The molecule has 0 N–H and O–H groups in total.